The summed E-state index contributed by atoms with van der Waals surface area (Å²) in [6.07, 6.45) is -0.389. The molecule has 2 rings (SSSR count). The minimum absolute atomic E-state index is 0.0421. The Hall–Kier alpha value is -2.31. The lowest BCUT2D eigenvalue weighted by Gasteiger charge is -2.34. The van der Waals surface area contributed by atoms with Crippen LogP contribution in [0.25, 0.3) is 0 Å². The highest BCUT2D eigenvalue weighted by Crippen LogP contribution is 2.16. The van der Waals surface area contributed by atoms with Crippen LogP contribution < -0.4 is 5.73 Å². The number of amides is 2. The highest BCUT2D eigenvalue weighted by Gasteiger charge is 2.26. The summed E-state index contributed by atoms with van der Waals surface area (Å²) >= 11 is 0. The van der Waals surface area contributed by atoms with Gasteiger partial charge in [-0.15, -0.1) is 0 Å². The average Bonchev–Trinajstić information content (AvgIpc) is 2.49. The second-order valence-corrected chi connectivity index (χ2v) is 4.72. The molecule has 0 radical (unpaired) electrons. The number of rotatable bonds is 2. The van der Waals surface area contributed by atoms with Gasteiger partial charge in [0.1, 0.15) is 5.82 Å². The molecule has 2 amide bonds. The van der Waals surface area contributed by atoms with Crippen LogP contribution >= 0.6 is 0 Å². The molecule has 0 aromatic heterocycles. The average molecular weight is 295 g/mol. The Labute approximate surface area is 122 Å². The van der Waals surface area contributed by atoms with E-state index in [1.165, 1.54) is 28.0 Å². The molecule has 2 N–H and O–H groups in total. The van der Waals surface area contributed by atoms with Gasteiger partial charge in [0.05, 0.1) is 12.2 Å². The Balaban J connectivity index is 2.00. The second kappa shape index (κ2) is 6.43. The Morgan fingerprint density at radius 2 is 1.86 bits per heavy atom. The summed E-state index contributed by atoms with van der Waals surface area (Å²) in [6, 6.07) is 3.91. The van der Waals surface area contributed by atoms with Crippen molar-refractivity contribution in [1.82, 2.24) is 9.80 Å². The number of carbonyl (C=O) groups is 2. The molecule has 1 aromatic rings. The molecule has 1 fully saturated rings. The van der Waals surface area contributed by atoms with Gasteiger partial charge in [-0.3, -0.25) is 4.79 Å². The zero-order valence-electron chi connectivity index (χ0n) is 11.8. The quantitative estimate of drug-likeness (QED) is 0.835. The summed E-state index contributed by atoms with van der Waals surface area (Å²) in [5.74, 6) is -1.01. The molecule has 1 saturated heterocycles. The number of halogens is 1. The third kappa shape index (κ3) is 3.42. The molecule has 21 heavy (non-hydrogen) atoms. The van der Waals surface area contributed by atoms with E-state index in [4.69, 9.17) is 10.5 Å². The molecule has 1 aromatic carbocycles. The van der Waals surface area contributed by atoms with E-state index < -0.39 is 11.7 Å². The zero-order valence-corrected chi connectivity index (χ0v) is 11.8. The first-order valence-electron chi connectivity index (χ1n) is 6.79. The minimum atomic E-state index is -0.595. The fourth-order valence-electron chi connectivity index (χ4n) is 2.18. The summed E-state index contributed by atoms with van der Waals surface area (Å²) in [4.78, 5) is 26.9. The molecular formula is C14H18FN3O3. The number of hydrogen-bond acceptors (Lipinski definition) is 4. The van der Waals surface area contributed by atoms with Crippen LogP contribution in [0.15, 0.2) is 18.2 Å². The van der Waals surface area contributed by atoms with Gasteiger partial charge in [0.25, 0.3) is 5.91 Å². The summed E-state index contributed by atoms with van der Waals surface area (Å²) in [7, 11) is 0. The third-order valence-electron chi connectivity index (χ3n) is 3.31. The fourth-order valence-corrected chi connectivity index (χ4v) is 2.18. The Kier molecular flexibility index (Phi) is 4.62. The van der Waals surface area contributed by atoms with Crippen LogP contribution in [-0.2, 0) is 4.74 Å². The molecule has 114 valence electrons. The van der Waals surface area contributed by atoms with E-state index in [1.807, 2.05) is 0 Å². The van der Waals surface area contributed by atoms with E-state index in [0.29, 0.717) is 38.5 Å². The first kappa shape index (κ1) is 15.1. The highest BCUT2D eigenvalue weighted by molar-refractivity contribution is 5.95. The number of benzene rings is 1. The molecular weight excluding hydrogens is 277 g/mol. The molecule has 1 heterocycles. The van der Waals surface area contributed by atoms with Gasteiger partial charge in [0.2, 0.25) is 0 Å². The van der Waals surface area contributed by atoms with Crippen molar-refractivity contribution in [3.05, 3.63) is 29.6 Å². The number of nitrogens with zero attached hydrogens (tertiary/aromatic N) is 2. The van der Waals surface area contributed by atoms with Crippen molar-refractivity contribution in [3.8, 4) is 0 Å². The lowest BCUT2D eigenvalue weighted by Crippen LogP contribution is -2.50. The Morgan fingerprint density at radius 1 is 1.24 bits per heavy atom. The third-order valence-corrected chi connectivity index (χ3v) is 3.31. The Bertz CT molecular complexity index is 542. The maximum Gasteiger partial charge on any atom is 0.409 e. The van der Waals surface area contributed by atoms with Gasteiger partial charge in [-0.05, 0) is 25.1 Å². The van der Waals surface area contributed by atoms with Crippen LogP contribution in [-0.4, -0.2) is 54.6 Å². The van der Waals surface area contributed by atoms with E-state index in [0.717, 1.165) is 0 Å². The molecule has 0 aliphatic carbocycles. The normalized spacial score (nSPS) is 15.0. The van der Waals surface area contributed by atoms with Crippen molar-refractivity contribution in [2.24, 2.45) is 0 Å². The number of carbonyl (C=O) groups excluding carboxylic acids is 2. The lowest BCUT2D eigenvalue weighted by atomic mass is 10.1. The minimum Gasteiger partial charge on any atom is -0.450 e. The summed E-state index contributed by atoms with van der Waals surface area (Å²) < 4.78 is 18.6. The van der Waals surface area contributed by atoms with Gasteiger partial charge in [-0.1, -0.05) is 0 Å². The van der Waals surface area contributed by atoms with Crippen LogP contribution in [0, 0.1) is 5.82 Å². The second-order valence-electron chi connectivity index (χ2n) is 4.72. The number of nitrogens with two attached hydrogens (primary N) is 1. The van der Waals surface area contributed by atoms with Gasteiger partial charge in [-0.25, -0.2) is 9.18 Å². The van der Waals surface area contributed by atoms with E-state index in [2.05, 4.69) is 0 Å². The number of hydrogen-bond donors (Lipinski definition) is 1. The van der Waals surface area contributed by atoms with Crippen molar-refractivity contribution in [2.75, 3.05) is 38.5 Å². The highest BCUT2D eigenvalue weighted by atomic mass is 19.1. The van der Waals surface area contributed by atoms with Crippen molar-refractivity contribution in [3.63, 3.8) is 0 Å². The van der Waals surface area contributed by atoms with Crippen LogP contribution in [0.5, 0.6) is 0 Å². The van der Waals surface area contributed by atoms with E-state index in [1.54, 1.807) is 6.92 Å². The van der Waals surface area contributed by atoms with Gasteiger partial charge in [-0.2, -0.15) is 0 Å². The number of anilines is 1. The molecule has 0 atom stereocenters. The van der Waals surface area contributed by atoms with E-state index in [-0.39, 0.29) is 11.7 Å². The van der Waals surface area contributed by atoms with Crippen molar-refractivity contribution >= 4 is 17.7 Å². The lowest BCUT2D eigenvalue weighted by molar-refractivity contribution is 0.0567. The predicted molar refractivity (Wildman–Crippen MR) is 75.3 cm³/mol. The van der Waals surface area contributed by atoms with Crippen LogP contribution in [0.1, 0.15) is 17.3 Å². The standard InChI is InChI=1S/C14H18FN3O3/c1-2-21-14(20)18-7-5-17(6-8-18)13(19)11-9-10(16)3-4-12(11)15/h3-4,9H,2,5-8,16H2,1H3. The maximum absolute atomic E-state index is 13.7. The van der Waals surface area contributed by atoms with Gasteiger partial charge < -0.3 is 20.3 Å². The van der Waals surface area contributed by atoms with Gasteiger partial charge >= 0.3 is 6.09 Å². The molecule has 0 saturated carbocycles. The molecule has 0 bridgehead atoms. The SMILES string of the molecule is CCOC(=O)N1CCN(C(=O)c2cc(N)ccc2F)CC1. The molecule has 6 nitrogen and oxygen atoms in total. The predicted octanol–water partition coefficient (Wildman–Crippen LogP) is 1.32. The van der Waals surface area contributed by atoms with Crippen molar-refractivity contribution in [2.45, 2.75) is 6.92 Å². The number of ether oxygens (including phenoxy) is 1. The fraction of sp³-hybridized carbons (Fsp3) is 0.429. The van der Waals surface area contributed by atoms with Crippen molar-refractivity contribution < 1.29 is 18.7 Å². The summed E-state index contributed by atoms with van der Waals surface area (Å²) in [5, 5.41) is 0. The van der Waals surface area contributed by atoms with Crippen LogP contribution in [0.4, 0.5) is 14.9 Å². The summed E-state index contributed by atoms with van der Waals surface area (Å²) in [5.41, 5.74) is 5.88. The molecule has 0 unspecified atom stereocenters. The number of nitrogen functional groups attached to an aromatic ring is 1. The van der Waals surface area contributed by atoms with Gasteiger partial charge in [0, 0.05) is 31.9 Å². The molecule has 1 aliphatic rings. The first-order valence-corrected chi connectivity index (χ1v) is 6.79. The van der Waals surface area contributed by atoms with Crippen molar-refractivity contribution in [1.29, 1.82) is 0 Å². The Morgan fingerprint density at radius 3 is 2.48 bits per heavy atom. The zero-order chi connectivity index (χ0) is 15.4. The largest absolute Gasteiger partial charge is 0.450 e. The van der Waals surface area contributed by atoms with E-state index >= 15 is 0 Å². The first-order chi connectivity index (χ1) is 10.0. The maximum atomic E-state index is 13.7. The van der Waals surface area contributed by atoms with Gasteiger partial charge in [0.15, 0.2) is 0 Å². The monoisotopic (exact) mass is 295 g/mol. The number of piperazine rings is 1. The smallest absolute Gasteiger partial charge is 0.409 e. The summed E-state index contributed by atoms with van der Waals surface area (Å²) in [6.45, 7) is 3.47. The van der Waals surface area contributed by atoms with E-state index in [9.17, 15) is 14.0 Å². The van der Waals surface area contributed by atoms with Crippen LogP contribution in [0.3, 0.4) is 0 Å². The molecule has 0 spiro atoms. The molecule has 1 aliphatic heterocycles. The topological polar surface area (TPSA) is 75.9 Å². The van der Waals surface area contributed by atoms with Crippen LogP contribution in [0.2, 0.25) is 0 Å². The molecule has 7 heteroatoms.